The predicted octanol–water partition coefficient (Wildman–Crippen LogP) is 0.106. The third kappa shape index (κ3) is 13.1. The van der Waals surface area contributed by atoms with Crippen LogP contribution in [0.15, 0.2) is 54.6 Å². The Hall–Kier alpha value is -4.98. The van der Waals surface area contributed by atoms with Crippen molar-refractivity contribution in [3.8, 4) is 5.75 Å². The summed E-state index contributed by atoms with van der Waals surface area (Å²) in [4.78, 5) is 76.9. The highest BCUT2D eigenvalue weighted by molar-refractivity contribution is 5.97. The van der Waals surface area contributed by atoms with Gasteiger partial charge < -0.3 is 42.9 Å². The fourth-order valence-electron chi connectivity index (χ4n) is 4.74. The molecule has 2 rings (SSSR count). The zero-order valence-corrected chi connectivity index (χ0v) is 27.1. The van der Waals surface area contributed by atoms with Crippen LogP contribution in [0.3, 0.4) is 0 Å². The van der Waals surface area contributed by atoms with E-state index in [1.807, 2.05) is 13.8 Å². The van der Waals surface area contributed by atoms with Gasteiger partial charge in [0.1, 0.15) is 29.9 Å². The van der Waals surface area contributed by atoms with Crippen LogP contribution in [0.5, 0.6) is 5.75 Å². The number of primary amides is 1. The number of hydrogen-bond donors (Lipinski definition) is 8. The molecular formula is C33H46N6O8. The first-order valence-corrected chi connectivity index (χ1v) is 15.4. The van der Waals surface area contributed by atoms with Crippen LogP contribution in [0.4, 0.5) is 0 Å². The Kier molecular flexibility index (Phi) is 14.8. The largest absolute Gasteiger partial charge is 0.508 e. The highest BCUT2D eigenvalue weighted by Gasteiger charge is 2.33. The van der Waals surface area contributed by atoms with E-state index in [2.05, 4.69) is 21.3 Å². The molecule has 0 fully saturated rings. The van der Waals surface area contributed by atoms with Gasteiger partial charge in [0.15, 0.2) is 0 Å². The predicted molar refractivity (Wildman–Crippen MR) is 173 cm³/mol. The molecule has 0 aliphatic heterocycles. The summed E-state index contributed by atoms with van der Waals surface area (Å²) in [7, 11) is 0. The normalized spacial score (nSPS) is 14.3. The van der Waals surface area contributed by atoms with E-state index in [0.717, 1.165) is 0 Å². The average molecular weight is 655 g/mol. The van der Waals surface area contributed by atoms with E-state index in [4.69, 9.17) is 11.5 Å². The zero-order valence-electron chi connectivity index (χ0n) is 27.1. The van der Waals surface area contributed by atoms with E-state index in [0.29, 0.717) is 17.5 Å². The van der Waals surface area contributed by atoms with Crippen LogP contribution < -0.4 is 32.7 Å². The summed E-state index contributed by atoms with van der Waals surface area (Å²) >= 11 is 0. The molecule has 2 aromatic carbocycles. The number of aliphatic carboxylic acids is 1. The van der Waals surface area contributed by atoms with Gasteiger partial charge in [-0.25, -0.2) is 0 Å². The number of carboxylic acid groups (broad SMARTS) is 1. The monoisotopic (exact) mass is 654 g/mol. The molecule has 0 aliphatic rings. The molecule has 5 amide bonds. The summed E-state index contributed by atoms with van der Waals surface area (Å²) < 4.78 is 0. The Balaban J connectivity index is 2.27. The van der Waals surface area contributed by atoms with Gasteiger partial charge in [-0.3, -0.25) is 28.8 Å². The lowest BCUT2D eigenvalue weighted by atomic mass is 9.99. The van der Waals surface area contributed by atoms with Crippen molar-refractivity contribution in [3.63, 3.8) is 0 Å². The lowest BCUT2D eigenvalue weighted by molar-refractivity contribution is -0.141. The van der Waals surface area contributed by atoms with Gasteiger partial charge in [-0.1, -0.05) is 70.2 Å². The Morgan fingerprint density at radius 2 is 1.21 bits per heavy atom. The Morgan fingerprint density at radius 3 is 1.74 bits per heavy atom. The topological polar surface area (TPSA) is 243 Å². The number of carbonyl (C=O) groups is 6. The third-order valence-corrected chi connectivity index (χ3v) is 7.27. The molecule has 0 unspecified atom stereocenters. The summed E-state index contributed by atoms with van der Waals surface area (Å²) in [6.45, 7) is 7.11. The smallest absolute Gasteiger partial charge is 0.305 e. The summed E-state index contributed by atoms with van der Waals surface area (Å²) in [6, 6.07) is 8.56. The van der Waals surface area contributed by atoms with Gasteiger partial charge in [-0.2, -0.15) is 0 Å². The molecule has 0 radical (unpaired) electrons. The molecule has 14 heteroatoms. The molecule has 2 aromatic rings. The van der Waals surface area contributed by atoms with Crippen molar-refractivity contribution < 1.29 is 39.0 Å². The van der Waals surface area contributed by atoms with E-state index in [9.17, 15) is 39.0 Å². The summed E-state index contributed by atoms with van der Waals surface area (Å²) in [5.74, 6) is -5.61. The van der Waals surface area contributed by atoms with Crippen molar-refractivity contribution in [2.24, 2.45) is 23.3 Å². The highest BCUT2D eigenvalue weighted by atomic mass is 16.4. The maximum absolute atomic E-state index is 13.7. The molecule has 14 nitrogen and oxygen atoms in total. The van der Waals surface area contributed by atoms with Crippen LogP contribution in [0.1, 0.15) is 51.7 Å². The van der Waals surface area contributed by atoms with E-state index in [-0.39, 0.29) is 24.5 Å². The molecule has 0 saturated heterocycles. The molecule has 10 N–H and O–H groups in total. The van der Waals surface area contributed by atoms with E-state index >= 15 is 0 Å². The molecule has 0 heterocycles. The highest BCUT2D eigenvalue weighted by Crippen LogP contribution is 2.12. The number of aromatic hydroxyl groups is 1. The number of nitrogens with two attached hydrogens (primary N) is 2. The van der Waals surface area contributed by atoms with Gasteiger partial charge in [0, 0.05) is 6.42 Å². The number of carboxylic acids is 1. The first kappa shape index (κ1) is 38.2. The molecule has 5 atom stereocenters. The van der Waals surface area contributed by atoms with Crippen LogP contribution in [-0.2, 0) is 41.6 Å². The number of phenols is 1. The number of benzene rings is 2. The lowest BCUT2D eigenvalue weighted by Gasteiger charge is -2.28. The molecule has 0 bridgehead atoms. The standard InChI is InChI=1S/C33H46N6O8/c1-18(2)14-24(29(35)43)36-33(47)28(19(3)4)39-32(46)25(16-20-8-6-5-7-9-20)38-31(45)26(17-27(41)42)37-30(44)23(34)15-21-10-12-22(40)13-11-21/h5-13,18-19,23-26,28,40H,14-17,34H2,1-4H3,(H2,35,43)(H,36,47)(H,37,44)(H,38,45)(H,39,46)(H,41,42)/t23-,24-,25-,26-,28-/m0/s1. The van der Waals surface area contributed by atoms with Gasteiger partial charge in [-0.15, -0.1) is 0 Å². The second-order valence-corrected chi connectivity index (χ2v) is 12.2. The van der Waals surface area contributed by atoms with Crippen LogP contribution in [0.25, 0.3) is 0 Å². The van der Waals surface area contributed by atoms with Crippen LogP contribution in [0, 0.1) is 11.8 Å². The van der Waals surface area contributed by atoms with Crippen molar-refractivity contribution >= 4 is 35.5 Å². The first-order valence-electron chi connectivity index (χ1n) is 15.4. The minimum Gasteiger partial charge on any atom is -0.508 e. The average Bonchev–Trinajstić information content (AvgIpc) is 2.99. The first-order chi connectivity index (χ1) is 22.1. The molecule has 256 valence electrons. The number of phenolic OH excluding ortho intramolecular Hbond substituents is 1. The fraction of sp³-hybridized carbons (Fsp3) is 0.455. The van der Waals surface area contributed by atoms with Crippen molar-refractivity contribution in [1.82, 2.24) is 21.3 Å². The van der Waals surface area contributed by atoms with E-state index in [1.54, 1.807) is 56.3 Å². The minimum absolute atomic E-state index is 0.0281. The van der Waals surface area contributed by atoms with Crippen molar-refractivity contribution in [3.05, 3.63) is 65.7 Å². The number of amides is 5. The van der Waals surface area contributed by atoms with Gasteiger partial charge in [0.25, 0.3) is 0 Å². The van der Waals surface area contributed by atoms with E-state index in [1.165, 1.54) is 12.1 Å². The molecule has 0 aliphatic carbocycles. The maximum Gasteiger partial charge on any atom is 0.305 e. The number of carbonyl (C=O) groups excluding carboxylic acids is 5. The second kappa shape index (κ2) is 18.2. The van der Waals surface area contributed by atoms with Gasteiger partial charge in [0.05, 0.1) is 12.5 Å². The molecule has 47 heavy (non-hydrogen) atoms. The third-order valence-electron chi connectivity index (χ3n) is 7.27. The molecule has 0 aromatic heterocycles. The second-order valence-electron chi connectivity index (χ2n) is 12.2. The SMILES string of the molecule is CC(C)C[C@H](NC(=O)[C@@H](NC(=O)[C@H](Cc1ccccc1)NC(=O)[C@H](CC(=O)O)NC(=O)[C@@H](N)Cc1ccc(O)cc1)C(C)C)C(N)=O. The van der Waals surface area contributed by atoms with Crippen molar-refractivity contribution in [2.75, 3.05) is 0 Å². The summed E-state index contributed by atoms with van der Waals surface area (Å²) in [5, 5.41) is 29.1. The molecule has 0 spiro atoms. The van der Waals surface area contributed by atoms with Crippen molar-refractivity contribution in [1.29, 1.82) is 0 Å². The number of hydrogen-bond acceptors (Lipinski definition) is 8. The zero-order chi connectivity index (χ0) is 35.3. The van der Waals surface area contributed by atoms with E-state index < -0.39 is 78.1 Å². The molecular weight excluding hydrogens is 608 g/mol. The summed E-state index contributed by atoms with van der Waals surface area (Å²) in [5.41, 5.74) is 12.8. The minimum atomic E-state index is -1.59. The van der Waals surface area contributed by atoms with Crippen LogP contribution >= 0.6 is 0 Å². The number of nitrogens with one attached hydrogen (secondary N) is 4. The Bertz CT molecular complexity index is 1380. The van der Waals surface area contributed by atoms with Crippen LogP contribution in [0.2, 0.25) is 0 Å². The molecule has 0 saturated carbocycles. The van der Waals surface area contributed by atoms with Gasteiger partial charge >= 0.3 is 5.97 Å². The van der Waals surface area contributed by atoms with Crippen molar-refractivity contribution in [2.45, 2.75) is 83.6 Å². The Labute approximate surface area is 274 Å². The maximum atomic E-state index is 13.7. The summed E-state index contributed by atoms with van der Waals surface area (Å²) in [6.07, 6.45) is -0.498. The Morgan fingerprint density at radius 1 is 0.681 bits per heavy atom. The quantitative estimate of drug-likeness (QED) is 0.109. The fourth-order valence-corrected chi connectivity index (χ4v) is 4.74. The van der Waals surface area contributed by atoms with Crippen LogP contribution in [-0.4, -0.2) is 75.9 Å². The van der Waals surface area contributed by atoms with Gasteiger partial charge in [0.2, 0.25) is 29.5 Å². The van der Waals surface area contributed by atoms with Gasteiger partial charge in [-0.05, 0) is 47.9 Å². The number of rotatable bonds is 18. The lowest BCUT2D eigenvalue weighted by Crippen LogP contribution is -2.60.